The summed E-state index contributed by atoms with van der Waals surface area (Å²) in [5.41, 5.74) is 5.65. The van der Waals surface area contributed by atoms with Gasteiger partial charge >= 0.3 is 0 Å². The van der Waals surface area contributed by atoms with E-state index in [-0.39, 0.29) is 5.75 Å². The Labute approximate surface area is 197 Å². The van der Waals surface area contributed by atoms with Crippen molar-refractivity contribution < 1.29 is 5.11 Å². The Bertz CT molecular complexity index is 1410. The molecule has 5 rings (SSSR count). The average molecular weight is 450 g/mol. The Kier molecular flexibility index (Phi) is 5.75. The summed E-state index contributed by atoms with van der Waals surface area (Å²) < 4.78 is 1.70. The molecular weight excluding hydrogens is 430 g/mol. The van der Waals surface area contributed by atoms with Crippen LogP contribution in [0.4, 0.5) is 5.69 Å². The van der Waals surface area contributed by atoms with E-state index in [1.165, 1.54) is 0 Å². The summed E-state index contributed by atoms with van der Waals surface area (Å²) >= 11 is 6.79. The van der Waals surface area contributed by atoms with E-state index in [1.807, 2.05) is 103 Å². The normalized spacial score (nSPS) is 11.2. The van der Waals surface area contributed by atoms with Crippen molar-refractivity contribution in [3.05, 3.63) is 120 Å². The lowest BCUT2D eigenvalue weighted by atomic mass is 10.0. The molecule has 160 valence electrons. The zero-order valence-electron chi connectivity index (χ0n) is 17.6. The molecule has 0 amide bonds. The van der Waals surface area contributed by atoms with Gasteiger partial charge in [0.25, 0.3) is 0 Å². The highest BCUT2D eigenvalue weighted by atomic mass is 35.5. The Morgan fingerprint density at radius 3 is 2.00 bits per heavy atom. The molecule has 33 heavy (non-hydrogen) atoms. The molecule has 0 aliphatic carbocycles. The summed E-state index contributed by atoms with van der Waals surface area (Å²) in [5, 5.41) is 15.7. The maximum absolute atomic E-state index is 10.4. The van der Waals surface area contributed by atoms with Crippen LogP contribution in [0.5, 0.6) is 5.75 Å². The molecule has 0 unspecified atom stereocenters. The van der Waals surface area contributed by atoms with E-state index in [2.05, 4.69) is 4.99 Å². The number of aromatic hydroxyl groups is 1. The first kappa shape index (κ1) is 20.7. The number of aromatic nitrogens is 2. The van der Waals surface area contributed by atoms with Gasteiger partial charge in [0.05, 0.1) is 11.3 Å². The minimum absolute atomic E-state index is 0.0961. The van der Waals surface area contributed by atoms with Crippen LogP contribution in [0.1, 0.15) is 5.56 Å². The quantitative estimate of drug-likeness (QED) is 0.286. The third-order valence-electron chi connectivity index (χ3n) is 5.33. The number of hydrogen-bond donors (Lipinski definition) is 1. The van der Waals surface area contributed by atoms with Gasteiger partial charge in [0.15, 0.2) is 0 Å². The fraction of sp³-hybridized carbons (Fsp3) is 0. The highest BCUT2D eigenvalue weighted by molar-refractivity contribution is 6.33. The lowest BCUT2D eigenvalue weighted by Gasteiger charge is -2.05. The summed E-state index contributed by atoms with van der Waals surface area (Å²) in [6.45, 7) is 0. The molecule has 4 nitrogen and oxygen atoms in total. The third-order valence-corrected chi connectivity index (χ3v) is 5.69. The largest absolute Gasteiger partial charge is 0.506 e. The molecule has 5 heteroatoms. The lowest BCUT2D eigenvalue weighted by molar-refractivity contribution is 0.477. The smallest absolute Gasteiger partial charge is 0.142 e. The predicted molar refractivity (Wildman–Crippen MR) is 135 cm³/mol. The molecule has 0 radical (unpaired) electrons. The van der Waals surface area contributed by atoms with Crippen LogP contribution in [0.25, 0.3) is 28.1 Å². The van der Waals surface area contributed by atoms with Crippen molar-refractivity contribution in [1.82, 2.24) is 9.78 Å². The van der Waals surface area contributed by atoms with Gasteiger partial charge in [0.2, 0.25) is 0 Å². The molecular formula is C28H20ClN3O. The Hall–Kier alpha value is -4.15. The standard InChI is InChI=1S/C28H20ClN3O/c29-28-24(19-30-25-18-22(16-17-26(25)33)20-10-4-1-5-11-20)27(21-12-6-2-7-13-21)31-32(28)23-14-8-3-9-15-23/h1-19,33H. The van der Waals surface area contributed by atoms with Gasteiger partial charge in [-0.3, -0.25) is 4.99 Å². The number of aliphatic imine (C=N–C) groups is 1. The number of phenolic OH excluding ortho intramolecular Hbond substituents is 1. The fourth-order valence-electron chi connectivity index (χ4n) is 3.64. The SMILES string of the molecule is Oc1ccc(-c2ccccc2)cc1N=Cc1c(-c2ccccc2)nn(-c2ccccc2)c1Cl. The molecule has 0 saturated carbocycles. The first-order valence-electron chi connectivity index (χ1n) is 10.5. The number of para-hydroxylation sites is 1. The van der Waals surface area contributed by atoms with Crippen molar-refractivity contribution in [2.75, 3.05) is 0 Å². The number of phenols is 1. The molecule has 0 aliphatic rings. The van der Waals surface area contributed by atoms with Gasteiger partial charge in [-0.2, -0.15) is 5.10 Å². The van der Waals surface area contributed by atoms with Crippen LogP contribution in [0.3, 0.4) is 0 Å². The fourth-order valence-corrected chi connectivity index (χ4v) is 3.92. The molecule has 1 heterocycles. The average Bonchev–Trinajstić information content (AvgIpc) is 3.21. The molecule has 1 N–H and O–H groups in total. The molecule has 1 aromatic heterocycles. The lowest BCUT2D eigenvalue weighted by Crippen LogP contribution is -1.96. The summed E-state index contributed by atoms with van der Waals surface area (Å²) in [6, 6.07) is 34.9. The van der Waals surface area contributed by atoms with Crippen molar-refractivity contribution in [2.24, 2.45) is 4.99 Å². The van der Waals surface area contributed by atoms with Crippen LogP contribution in [0.15, 0.2) is 114 Å². The molecule has 0 aliphatic heterocycles. The van der Waals surface area contributed by atoms with Crippen LogP contribution >= 0.6 is 11.6 Å². The minimum Gasteiger partial charge on any atom is -0.506 e. The number of nitrogens with zero attached hydrogens (tertiary/aromatic N) is 3. The Balaban J connectivity index is 1.60. The van der Waals surface area contributed by atoms with Crippen molar-refractivity contribution in [3.63, 3.8) is 0 Å². The van der Waals surface area contributed by atoms with Gasteiger partial charge in [-0.15, -0.1) is 0 Å². The number of halogens is 1. The van der Waals surface area contributed by atoms with E-state index in [1.54, 1.807) is 17.0 Å². The second-order valence-electron chi connectivity index (χ2n) is 7.49. The Morgan fingerprint density at radius 2 is 1.33 bits per heavy atom. The van der Waals surface area contributed by atoms with E-state index in [9.17, 15) is 5.11 Å². The van der Waals surface area contributed by atoms with Crippen LogP contribution < -0.4 is 0 Å². The van der Waals surface area contributed by atoms with Crippen LogP contribution in [0, 0.1) is 0 Å². The van der Waals surface area contributed by atoms with Crippen molar-refractivity contribution in [3.8, 4) is 33.8 Å². The van der Waals surface area contributed by atoms with Gasteiger partial charge in [-0.25, -0.2) is 4.68 Å². The van der Waals surface area contributed by atoms with Crippen molar-refractivity contribution in [1.29, 1.82) is 0 Å². The number of hydrogen-bond acceptors (Lipinski definition) is 3. The first-order chi connectivity index (χ1) is 16.2. The maximum atomic E-state index is 10.4. The Morgan fingerprint density at radius 1 is 0.727 bits per heavy atom. The van der Waals surface area contributed by atoms with Crippen LogP contribution in [-0.4, -0.2) is 21.1 Å². The number of benzene rings is 4. The van der Waals surface area contributed by atoms with E-state index in [0.29, 0.717) is 22.1 Å². The zero-order valence-corrected chi connectivity index (χ0v) is 18.4. The summed E-state index contributed by atoms with van der Waals surface area (Å²) in [6.07, 6.45) is 1.67. The van der Waals surface area contributed by atoms with Gasteiger partial charge in [-0.1, -0.05) is 96.5 Å². The topological polar surface area (TPSA) is 50.4 Å². The van der Waals surface area contributed by atoms with Crippen LogP contribution in [0.2, 0.25) is 5.15 Å². The summed E-state index contributed by atoms with van der Waals surface area (Å²) in [5.74, 6) is 0.0961. The highest BCUT2D eigenvalue weighted by Gasteiger charge is 2.17. The molecule has 0 spiro atoms. The summed E-state index contributed by atoms with van der Waals surface area (Å²) in [4.78, 5) is 4.60. The van der Waals surface area contributed by atoms with Crippen molar-refractivity contribution >= 4 is 23.5 Å². The van der Waals surface area contributed by atoms with E-state index >= 15 is 0 Å². The van der Waals surface area contributed by atoms with Gasteiger partial charge in [0, 0.05) is 11.8 Å². The molecule has 4 aromatic carbocycles. The molecule has 0 fully saturated rings. The number of rotatable bonds is 5. The molecule has 0 saturated heterocycles. The zero-order chi connectivity index (χ0) is 22.6. The van der Waals surface area contributed by atoms with Crippen LogP contribution in [-0.2, 0) is 0 Å². The summed E-state index contributed by atoms with van der Waals surface area (Å²) in [7, 11) is 0. The van der Waals surface area contributed by atoms with Crippen molar-refractivity contribution in [2.45, 2.75) is 0 Å². The molecule has 0 atom stereocenters. The maximum Gasteiger partial charge on any atom is 0.142 e. The van der Waals surface area contributed by atoms with E-state index in [0.717, 1.165) is 22.4 Å². The monoisotopic (exact) mass is 449 g/mol. The van der Waals surface area contributed by atoms with Gasteiger partial charge in [0.1, 0.15) is 22.3 Å². The molecule has 5 aromatic rings. The van der Waals surface area contributed by atoms with Gasteiger partial charge in [-0.05, 0) is 35.4 Å². The second-order valence-corrected chi connectivity index (χ2v) is 7.85. The van der Waals surface area contributed by atoms with E-state index in [4.69, 9.17) is 16.7 Å². The first-order valence-corrected chi connectivity index (χ1v) is 10.9. The highest BCUT2D eigenvalue weighted by Crippen LogP contribution is 2.34. The molecule has 0 bridgehead atoms. The second kappa shape index (κ2) is 9.15. The van der Waals surface area contributed by atoms with E-state index < -0.39 is 0 Å². The minimum atomic E-state index is 0.0961. The van der Waals surface area contributed by atoms with Gasteiger partial charge < -0.3 is 5.11 Å². The third kappa shape index (κ3) is 4.29. The predicted octanol–water partition coefficient (Wildman–Crippen LogP) is 7.32.